The van der Waals surface area contributed by atoms with Gasteiger partial charge in [0, 0.05) is 0 Å². The highest BCUT2D eigenvalue weighted by Gasteiger charge is 1.60. The van der Waals surface area contributed by atoms with Gasteiger partial charge in [0.2, 0.25) is 0 Å². The van der Waals surface area contributed by atoms with Crippen molar-refractivity contribution in [2.45, 2.75) is 0 Å². The van der Waals surface area contributed by atoms with Gasteiger partial charge in [-0.1, -0.05) is 29.8 Å². The SMILES string of the molecule is C=C.C=C(Cl)Cl. The molecule has 0 aliphatic rings. The first-order valence-electron chi connectivity index (χ1n) is 1.23. The van der Waals surface area contributed by atoms with E-state index in [2.05, 4.69) is 19.7 Å². The number of halogens is 2. The third-order valence-corrected chi connectivity index (χ3v) is 0. The number of rotatable bonds is 0. The fraction of sp³-hybridized carbons (Fsp3) is 0. The first-order valence-corrected chi connectivity index (χ1v) is 1.99. The van der Waals surface area contributed by atoms with E-state index in [1.54, 1.807) is 0 Å². The minimum absolute atomic E-state index is 0.111. The van der Waals surface area contributed by atoms with Gasteiger partial charge in [-0.15, -0.1) is 13.2 Å². The molecule has 0 fully saturated rings. The molecule has 0 unspecified atom stereocenters. The lowest BCUT2D eigenvalue weighted by Crippen LogP contribution is -1.24. The summed E-state index contributed by atoms with van der Waals surface area (Å²) in [4.78, 5) is 0. The Bertz CT molecular complexity index is 36.8. The minimum atomic E-state index is 0.111. The third-order valence-electron chi connectivity index (χ3n) is 0. The third kappa shape index (κ3) is 10600. The van der Waals surface area contributed by atoms with Crippen molar-refractivity contribution in [2.24, 2.45) is 0 Å². The van der Waals surface area contributed by atoms with Gasteiger partial charge in [0.05, 0.1) is 4.49 Å². The maximum Gasteiger partial charge on any atom is 0.0992 e. The molecule has 0 aliphatic carbocycles. The normalized spacial score (nSPS) is 5.00. The summed E-state index contributed by atoms with van der Waals surface area (Å²) in [5.41, 5.74) is 0. The first-order chi connectivity index (χ1) is 2.73. The van der Waals surface area contributed by atoms with Gasteiger partial charge in [0.1, 0.15) is 0 Å². The van der Waals surface area contributed by atoms with E-state index in [0.29, 0.717) is 0 Å². The quantitative estimate of drug-likeness (QED) is 0.436. The van der Waals surface area contributed by atoms with Crippen LogP contribution in [0.5, 0.6) is 0 Å². The van der Waals surface area contributed by atoms with Crippen molar-refractivity contribution < 1.29 is 0 Å². The van der Waals surface area contributed by atoms with E-state index in [4.69, 9.17) is 23.2 Å². The van der Waals surface area contributed by atoms with Crippen molar-refractivity contribution in [2.75, 3.05) is 0 Å². The molecule has 2 heteroatoms. The molecule has 0 aromatic rings. The summed E-state index contributed by atoms with van der Waals surface area (Å²) in [5, 5.41) is 0. The average molecular weight is 125 g/mol. The van der Waals surface area contributed by atoms with Crippen LogP contribution in [-0.4, -0.2) is 0 Å². The van der Waals surface area contributed by atoms with E-state index in [1.165, 1.54) is 0 Å². The maximum absolute atomic E-state index is 4.85. The van der Waals surface area contributed by atoms with Gasteiger partial charge in [0.25, 0.3) is 0 Å². The van der Waals surface area contributed by atoms with Crippen LogP contribution in [-0.2, 0) is 0 Å². The molecule has 36 valence electrons. The fourth-order valence-electron chi connectivity index (χ4n) is 0. The summed E-state index contributed by atoms with van der Waals surface area (Å²) in [6.07, 6.45) is 0. The molecule has 0 nitrogen and oxygen atoms in total. The second-order valence-corrected chi connectivity index (χ2v) is 1.44. The molecule has 0 atom stereocenters. The standard InChI is InChI=1S/C2H2Cl2.C2H4/c1-2(3)4;1-2/h1H2;1-2H2. The molecule has 0 aromatic carbocycles. The lowest BCUT2D eigenvalue weighted by Gasteiger charge is -1.57. The highest BCUT2D eigenvalue weighted by Crippen LogP contribution is 1.98. The predicted molar refractivity (Wildman–Crippen MR) is 32.1 cm³/mol. The molecule has 0 N–H and O–H groups in total. The van der Waals surface area contributed by atoms with Crippen LogP contribution in [0.4, 0.5) is 0 Å². The van der Waals surface area contributed by atoms with Gasteiger partial charge < -0.3 is 0 Å². The molecule has 0 saturated carbocycles. The number of hydrogen-bond acceptors (Lipinski definition) is 0. The Balaban J connectivity index is 0. The van der Waals surface area contributed by atoms with E-state index in [-0.39, 0.29) is 4.49 Å². The Morgan fingerprint density at radius 2 is 1.17 bits per heavy atom. The van der Waals surface area contributed by atoms with Gasteiger partial charge >= 0.3 is 0 Å². The predicted octanol–water partition coefficient (Wildman–Crippen LogP) is 2.74. The molecule has 0 spiro atoms. The molecule has 0 radical (unpaired) electrons. The summed E-state index contributed by atoms with van der Waals surface area (Å²) in [7, 11) is 0. The lowest BCUT2D eigenvalue weighted by atomic mass is 11.3. The van der Waals surface area contributed by atoms with Crippen LogP contribution in [0.3, 0.4) is 0 Å². The van der Waals surface area contributed by atoms with Crippen molar-refractivity contribution in [3.8, 4) is 0 Å². The Hall–Kier alpha value is 0.0600. The summed E-state index contributed by atoms with van der Waals surface area (Å²) < 4.78 is 0.111. The lowest BCUT2D eigenvalue weighted by molar-refractivity contribution is 2.45. The van der Waals surface area contributed by atoms with Crippen LogP contribution >= 0.6 is 23.2 Å². The van der Waals surface area contributed by atoms with Crippen LogP contribution < -0.4 is 0 Å². The fourth-order valence-corrected chi connectivity index (χ4v) is 0. The first kappa shape index (κ1) is 9.41. The highest BCUT2D eigenvalue weighted by atomic mass is 35.5. The van der Waals surface area contributed by atoms with Gasteiger partial charge in [-0.05, 0) is 0 Å². The molecule has 0 amide bonds. The van der Waals surface area contributed by atoms with E-state index in [0.717, 1.165) is 0 Å². The van der Waals surface area contributed by atoms with Crippen molar-refractivity contribution in [3.05, 3.63) is 24.2 Å². The summed E-state index contributed by atoms with van der Waals surface area (Å²) in [6, 6.07) is 0. The molecule has 0 aliphatic heterocycles. The van der Waals surface area contributed by atoms with Crippen LogP contribution in [0.2, 0.25) is 0 Å². The minimum Gasteiger partial charge on any atom is -0.106 e. The Morgan fingerprint density at radius 3 is 1.17 bits per heavy atom. The number of hydrogen-bond donors (Lipinski definition) is 0. The van der Waals surface area contributed by atoms with E-state index < -0.39 is 0 Å². The van der Waals surface area contributed by atoms with Crippen LogP contribution in [0.25, 0.3) is 0 Å². The second-order valence-electron chi connectivity index (χ2n) is 0.339. The monoisotopic (exact) mass is 124 g/mol. The summed E-state index contributed by atoms with van der Waals surface area (Å²) in [6.45, 7) is 9.09. The molecule has 0 saturated heterocycles. The van der Waals surface area contributed by atoms with Gasteiger partial charge in [-0.25, -0.2) is 0 Å². The Labute approximate surface area is 48.1 Å². The van der Waals surface area contributed by atoms with Crippen LogP contribution in [0.15, 0.2) is 24.2 Å². The molecule has 0 bridgehead atoms. The van der Waals surface area contributed by atoms with Gasteiger partial charge in [0.15, 0.2) is 0 Å². The average Bonchev–Trinajstić information content (AvgIpc) is 1.41. The van der Waals surface area contributed by atoms with Crippen molar-refractivity contribution >= 4 is 23.2 Å². The molecule has 0 heterocycles. The van der Waals surface area contributed by atoms with E-state index in [1.807, 2.05) is 0 Å². The Morgan fingerprint density at radius 1 is 1.17 bits per heavy atom. The second kappa shape index (κ2) is 8.91. The zero-order chi connectivity index (χ0) is 5.58. The highest BCUT2D eigenvalue weighted by molar-refractivity contribution is 6.55. The van der Waals surface area contributed by atoms with Crippen molar-refractivity contribution in [1.82, 2.24) is 0 Å². The summed E-state index contributed by atoms with van der Waals surface area (Å²) >= 11 is 9.69. The van der Waals surface area contributed by atoms with Gasteiger partial charge in [-0.2, -0.15) is 0 Å². The largest absolute Gasteiger partial charge is 0.106 e. The molecule has 0 rings (SSSR count). The van der Waals surface area contributed by atoms with Crippen molar-refractivity contribution in [3.63, 3.8) is 0 Å². The summed E-state index contributed by atoms with van der Waals surface area (Å²) in [5.74, 6) is 0. The molecule has 6 heavy (non-hydrogen) atoms. The molecular formula is C4H6Cl2. The topological polar surface area (TPSA) is 0 Å². The smallest absolute Gasteiger partial charge is 0.0992 e. The zero-order valence-electron chi connectivity index (χ0n) is 3.38. The maximum atomic E-state index is 4.85. The zero-order valence-corrected chi connectivity index (χ0v) is 4.89. The van der Waals surface area contributed by atoms with Gasteiger partial charge in [-0.3, -0.25) is 0 Å². The molecular weight excluding hydrogens is 119 g/mol. The van der Waals surface area contributed by atoms with E-state index in [9.17, 15) is 0 Å². The van der Waals surface area contributed by atoms with Crippen LogP contribution in [0.1, 0.15) is 0 Å². The molecule has 0 aromatic heterocycles. The van der Waals surface area contributed by atoms with E-state index >= 15 is 0 Å². The Kier molecular flexibility index (Phi) is 14.0. The van der Waals surface area contributed by atoms with Crippen molar-refractivity contribution in [1.29, 1.82) is 0 Å². The van der Waals surface area contributed by atoms with Crippen LogP contribution in [0, 0.1) is 0 Å².